The van der Waals surface area contributed by atoms with E-state index in [1.807, 2.05) is 0 Å². The Bertz CT molecular complexity index is 1770. The number of hydrogen-bond donors (Lipinski definition) is 2. The number of benzene rings is 1. The summed E-state index contributed by atoms with van der Waals surface area (Å²) in [6.07, 6.45) is 19.6. The lowest BCUT2D eigenvalue weighted by Crippen LogP contribution is -2.40. The molecule has 0 unspecified atom stereocenters. The fourth-order valence-electron chi connectivity index (χ4n) is 3.58. The summed E-state index contributed by atoms with van der Waals surface area (Å²) in [5.41, 5.74) is 0.430. The molecule has 0 spiro atoms. The molecule has 0 saturated heterocycles. The van der Waals surface area contributed by atoms with Gasteiger partial charge in [-0.3, -0.25) is 4.79 Å². The van der Waals surface area contributed by atoms with E-state index in [2.05, 4.69) is 123 Å². The van der Waals surface area contributed by atoms with Gasteiger partial charge >= 0.3 is 12.0 Å². The smallest absolute Gasteiger partial charge is 0.339 e. The molecule has 0 aliphatic heterocycles. The molecule has 1 aromatic rings. The van der Waals surface area contributed by atoms with Crippen molar-refractivity contribution < 1.29 is 23.9 Å². The molecule has 0 atom stereocenters. The first-order chi connectivity index (χ1) is 23.6. The number of carbonyl (C=O) groups excluding carboxylic acids is 3. The Kier molecular flexibility index (Phi) is 24.0. The first-order valence-corrected chi connectivity index (χ1v) is 15.5. The molecule has 0 radical (unpaired) electrons. The number of terminal acetylenes is 1. The van der Waals surface area contributed by atoms with Crippen LogP contribution in [0.3, 0.4) is 0 Å². The van der Waals surface area contributed by atoms with Crippen molar-refractivity contribution in [3.63, 3.8) is 0 Å². The highest BCUT2D eigenvalue weighted by Crippen LogP contribution is 2.14. The lowest BCUT2D eigenvalue weighted by molar-refractivity contribution is -0.135. The van der Waals surface area contributed by atoms with Crippen LogP contribution in [-0.2, 0) is 9.53 Å². The molecule has 7 nitrogen and oxygen atoms in total. The predicted molar refractivity (Wildman–Crippen MR) is 187 cm³/mol. The standard InChI is InChI=1S/C41H36N2O5/c1-3-5-7-9-11-13-15-16-17-18-19-20-22-24-26-28-34-48-40(45)36-43-41(46)42-35-39(44)37-29-31-38(32-30-37)47-33-27-25-23-21-14-12-10-8-6-4-2/h1,29-32H,4,6,8,10,12,14,21,23,25,27,33,35-36H2,2H3,(H2,42,43,46). The van der Waals surface area contributed by atoms with Gasteiger partial charge in [-0.25, -0.2) is 9.59 Å². The maximum Gasteiger partial charge on any atom is 0.339 e. The van der Waals surface area contributed by atoms with Gasteiger partial charge in [0.25, 0.3) is 0 Å². The number of carbonyl (C=O) groups is 3. The summed E-state index contributed by atoms with van der Waals surface area (Å²) in [6, 6.07) is 6.07. The quantitative estimate of drug-likeness (QED) is 0.113. The van der Waals surface area contributed by atoms with Gasteiger partial charge in [0.1, 0.15) is 18.4 Å². The Morgan fingerprint density at radius 1 is 0.604 bits per heavy atom. The van der Waals surface area contributed by atoms with Crippen molar-refractivity contribution in [2.45, 2.75) is 71.1 Å². The number of amides is 2. The Morgan fingerprint density at radius 2 is 1.06 bits per heavy atom. The first-order valence-electron chi connectivity index (χ1n) is 15.5. The fourth-order valence-corrected chi connectivity index (χ4v) is 3.58. The minimum Gasteiger partial charge on any atom is -0.494 e. The van der Waals surface area contributed by atoms with Crippen molar-refractivity contribution in [1.82, 2.24) is 10.6 Å². The molecule has 1 rings (SSSR count). The molecular weight excluding hydrogens is 600 g/mol. The van der Waals surface area contributed by atoms with E-state index in [9.17, 15) is 14.4 Å². The number of hydrogen-bond acceptors (Lipinski definition) is 5. The van der Waals surface area contributed by atoms with Crippen LogP contribution >= 0.6 is 0 Å². The molecule has 0 saturated carbocycles. The third-order valence-electron chi connectivity index (χ3n) is 5.91. The van der Waals surface area contributed by atoms with Gasteiger partial charge in [0.05, 0.1) is 13.2 Å². The molecule has 0 aliphatic carbocycles. The summed E-state index contributed by atoms with van der Waals surface area (Å²) in [6.45, 7) is 2.16. The van der Waals surface area contributed by atoms with Crippen LogP contribution in [0.5, 0.6) is 5.75 Å². The van der Waals surface area contributed by atoms with E-state index < -0.39 is 18.5 Å². The van der Waals surface area contributed by atoms with E-state index in [-0.39, 0.29) is 12.3 Å². The zero-order valence-corrected chi connectivity index (χ0v) is 27.1. The monoisotopic (exact) mass is 636 g/mol. The van der Waals surface area contributed by atoms with Crippen LogP contribution in [0.4, 0.5) is 4.79 Å². The number of rotatable bonds is 17. The normalized spacial score (nSPS) is 8.08. The number of unbranched alkanes of at least 4 members (excludes halogenated alkanes) is 9. The van der Waals surface area contributed by atoms with E-state index in [4.69, 9.17) is 11.2 Å². The molecule has 2 N–H and O–H groups in total. The number of ketones is 1. The van der Waals surface area contributed by atoms with Crippen LogP contribution in [0, 0.1) is 107 Å². The molecule has 240 valence electrons. The van der Waals surface area contributed by atoms with Crippen molar-refractivity contribution >= 4 is 17.8 Å². The summed E-state index contributed by atoms with van der Waals surface area (Å²) >= 11 is 0. The van der Waals surface area contributed by atoms with E-state index in [1.165, 1.54) is 51.4 Å². The van der Waals surface area contributed by atoms with Crippen LogP contribution in [0.15, 0.2) is 24.3 Å². The van der Waals surface area contributed by atoms with Crippen molar-refractivity contribution in [2.75, 3.05) is 19.7 Å². The van der Waals surface area contributed by atoms with E-state index in [0.29, 0.717) is 17.9 Å². The van der Waals surface area contributed by atoms with Gasteiger partial charge < -0.3 is 20.1 Å². The molecular formula is C41H36N2O5. The van der Waals surface area contributed by atoms with Crippen molar-refractivity contribution in [1.29, 1.82) is 0 Å². The number of Topliss-reactive ketones (excluding diaryl/α,β-unsaturated/α-hetero) is 1. The lowest BCUT2D eigenvalue weighted by Gasteiger charge is -2.08. The Labute approximate surface area is 285 Å². The van der Waals surface area contributed by atoms with E-state index in [1.54, 1.807) is 24.3 Å². The van der Waals surface area contributed by atoms with Crippen molar-refractivity contribution in [2.24, 2.45) is 0 Å². The maximum absolute atomic E-state index is 12.4. The molecule has 0 heterocycles. The minimum atomic E-state index is -0.815. The Hall–Kier alpha value is -6.53. The zero-order chi connectivity index (χ0) is 34.8. The average Bonchev–Trinajstić information content (AvgIpc) is 3.10. The second-order valence-electron chi connectivity index (χ2n) is 9.61. The molecule has 1 aromatic carbocycles. The van der Waals surface area contributed by atoms with Gasteiger partial charge in [0.2, 0.25) is 0 Å². The molecule has 0 fully saturated rings. The summed E-state index contributed by atoms with van der Waals surface area (Å²) < 4.78 is 10.4. The average molecular weight is 637 g/mol. The Balaban J connectivity index is 2.21. The van der Waals surface area contributed by atoms with Gasteiger partial charge in [-0.15, -0.1) is 6.42 Å². The molecule has 0 aromatic heterocycles. The number of ether oxygens (including phenoxy) is 2. The van der Waals surface area contributed by atoms with E-state index in [0.717, 1.165) is 12.8 Å². The highest BCUT2D eigenvalue weighted by atomic mass is 16.5. The molecule has 0 bridgehead atoms. The van der Waals surface area contributed by atoms with Crippen LogP contribution < -0.4 is 15.4 Å². The summed E-state index contributed by atoms with van der Waals surface area (Å²) in [5, 5.41) is 4.68. The van der Waals surface area contributed by atoms with Crippen LogP contribution in [0.2, 0.25) is 0 Å². The maximum atomic E-state index is 12.4. The Morgan fingerprint density at radius 3 is 1.58 bits per heavy atom. The highest BCUT2D eigenvalue weighted by molar-refractivity contribution is 5.99. The number of esters is 1. The first kappa shape index (κ1) is 39.5. The van der Waals surface area contributed by atoms with Crippen LogP contribution in [0.25, 0.3) is 0 Å². The van der Waals surface area contributed by atoms with Crippen molar-refractivity contribution in [3.05, 3.63) is 29.8 Å². The SMILES string of the molecule is C#CC#CC#CC#CC#CC#CC#CC#CC#COC(=O)CNC(=O)NCC(=O)c1ccc(OCCCCCCCCCCCC)cc1. The summed E-state index contributed by atoms with van der Waals surface area (Å²) in [4.78, 5) is 36.0. The van der Waals surface area contributed by atoms with Gasteiger partial charge in [0, 0.05) is 52.9 Å². The van der Waals surface area contributed by atoms with Gasteiger partial charge in [0.15, 0.2) is 5.78 Å². The highest BCUT2D eigenvalue weighted by Gasteiger charge is 2.10. The third-order valence-corrected chi connectivity index (χ3v) is 5.91. The topological polar surface area (TPSA) is 93.7 Å². The lowest BCUT2D eigenvalue weighted by atomic mass is 10.1. The third kappa shape index (κ3) is 23.9. The van der Waals surface area contributed by atoms with Gasteiger partial charge in [-0.05, 0) is 78.0 Å². The molecule has 0 aliphatic rings. The summed E-state index contributed by atoms with van der Waals surface area (Å²) in [5.74, 6) is 37.9. The summed E-state index contributed by atoms with van der Waals surface area (Å²) in [7, 11) is 0. The molecule has 7 heteroatoms. The van der Waals surface area contributed by atoms with Crippen LogP contribution in [-0.4, -0.2) is 37.5 Å². The van der Waals surface area contributed by atoms with Gasteiger partial charge in [-0.1, -0.05) is 64.7 Å². The fraction of sp³-hybridized carbons (Fsp3) is 0.341. The minimum absolute atomic E-state index is 0.249. The largest absolute Gasteiger partial charge is 0.494 e. The van der Waals surface area contributed by atoms with E-state index >= 15 is 0 Å². The second kappa shape index (κ2) is 29.2. The second-order valence-corrected chi connectivity index (χ2v) is 9.61. The number of urea groups is 1. The van der Waals surface area contributed by atoms with Gasteiger partial charge in [-0.2, -0.15) is 0 Å². The van der Waals surface area contributed by atoms with Crippen LogP contribution in [0.1, 0.15) is 81.5 Å². The predicted octanol–water partition coefficient (Wildman–Crippen LogP) is 4.63. The number of nitrogens with one attached hydrogen (secondary N) is 2. The molecule has 2 amide bonds. The molecule has 48 heavy (non-hydrogen) atoms. The van der Waals surface area contributed by atoms with Crippen molar-refractivity contribution in [3.8, 4) is 113 Å². The zero-order valence-electron chi connectivity index (χ0n) is 27.1.